The van der Waals surface area contributed by atoms with Gasteiger partial charge in [-0.1, -0.05) is 0 Å². The van der Waals surface area contributed by atoms with Gasteiger partial charge in [-0.2, -0.15) is 15.0 Å². The number of nitrogens with zero attached hydrogens (tertiary/aromatic N) is 4. The first-order valence-corrected chi connectivity index (χ1v) is 7.04. The van der Waals surface area contributed by atoms with Crippen LogP contribution in [0.15, 0.2) is 0 Å². The zero-order chi connectivity index (χ0) is 14.4. The summed E-state index contributed by atoms with van der Waals surface area (Å²) in [7, 11) is 3.31. The molecule has 0 bridgehead atoms. The van der Waals surface area contributed by atoms with Crippen molar-refractivity contribution in [1.29, 1.82) is 0 Å². The van der Waals surface area contributed by atoms with E-state index in [0.717, 1.165) is 32.7 Å². The van der Waals surface area contributed by atoms with Crippen LogP contribution in [0.5, 0.6) is 6.01 Å². The number of hydrogen-bond acceptors (Lipinski definition) is 7. The van der Waals surface area contributed by atoms with Crippen molar-refractivity contribution in [3.63, 3.8) is 0 Å². The predicted molar refractivity (Wildman–Crippen MR) is 77.4 cm³/mol. The number of rotatable bonds is 6. The molecule has 1 aromatic rings. The van der Waals surface area contributed by atoms with Crippen LogP contribution < -0.4 is 15.0 Å². The third kappa shape index (κ3) is 3.69. The molecule has 2 heterocycles. The van der Waals surface area contributed by atoms with Gasteiger partial charge in [-0.3, -0.25) is 0 Å². The molecule has 0 saturated carbocycles. The largest absolute Gasteiger partial charge is 0.467 e. The maximum atomic E-state index is 5.26. The van der Waals surface area contributed by atoms with Crippen LogP contribution >= 0.6 is 0 Å². The van der Waals surface area contributed by atoms with E-state index in [1.165, 1.54) is 6.42 Å². The normalized spacial score (nSPS) is 18.9. The highest BCUT2D eigenvalue weighted by Crippen LogP contribution is 2.22. The Morgan fingerprint density at radius 3 is 2.85 bits per heavy atom. The zero-order valence-electron chi connectivity index (χ0n) is 12.4. The predicted octanol–water partition coefficient (Wildman–Crippen LogP) is 1.17. The molecule has 1 atom stereocenters. The Labute approximate surface area is 119 Å². The number of methoxy groups -OCH3 is 2. The first-order valence-electron chi connectivity index (χ1n) is 7.04. The summed E-state index contributed by atoms with van der Waals surface area (Å²) in [4.78, 5) is 15.2. The molecule has 0 amide bonds. The van der Waals surface area contributed by atoms with Crippen LogP contribution in [0.25, 0.3) is 0 Å². The average Bonchev–Trinajstić information content (AvgIpc) is 2.48. The summed E-state index contributed by atoms with van der Waals surface area (Å²) in [5.41, 5.74) is 0. The number of anilines is 2. The van der Waals surface area contributed by atoms with Crippen LogP contribution in [0.3, 0.4) is 0 Å². The summed E-state index contributed by atoms with van der Waals surface area (Å²) in [6.45, 7) is 5.41. The Balaban J connectivity index is 2.15. The molecular formula is C13H23N5O2. The third-order valence-corrected chi connectivity index (χ3v) is 3.32. The summed E-state index contributed by atoms with van der Waals surface area (Å²) >= 11 is 0. The molecule has 0 spiro atoms. The molecule has 0 aliphatic carbocycles. The summed E-state index contributed by atoms with van der Waals surface area (Å²) in [6, 6.07) is 0.347. The van der Waals surface area contributed by atoms with E-state index in [9.17, 15) is 0 Å². The maximum Gasteiger partial charge on any atom is 0.322 e. The van der Waals surface area contributed by atoms with Gasteiger partial charge in [0, 0.05) is 26.7 Å². The van der Waals surface area contributed by atoms with E-state index in [1.54, 1.807) is 14.2 Å². The number of ether oxygens (including phenoxy) is 2. The average molecular weight is 281 g/mol. The van der Waals surface area contributed by atoms with Gasteiger partial charge in [-0.25, -0.2) is 0 Å². The molecule has 1 N–H and O–H groups in total. The van der Waals surface area contributed by atoms with Crippen molar-refractivity contribution in [2.75, 3.05) is 50.7 Å². The van der Waals surface area contributed by atoms with Crippen LogP contribution in [0.2, 0.25) is 0 Å². The third-order valence-electron chi connectivity index (χ3n) is 3.32. The quantitative estimate of drug-likeness (QED) is 0.839. The van der Waals surface area contributed by atoms with Gasteiger partial charge in [0.15, 0.2) is 0 Å². The molecule has 1 aliphatic heterocycles. The monoisotopic (exact) mass is 281 g/mol. The van der Waals surface area contributed by atoms with Crippen LogP contribution in [0.4, 0.5) is 11.9 Å². The first-order chi connectivity index (χ1) is 9.76. The van der Waals surface area contributed by atoms with Crippen LogP contribution in [0.1, 0.15) is 19.8 Å². The van der Waals surface area contributed by atoms with Crippen molar-refractivity contribution >= 4 is 11.9 Å². The van der Waals surface area contributed by atoms with Gasteiger partial charge in [0.1, 0.15) is 0 Å². The van der Waals surface area contributed by atoms with E-state index in [0.29, 0.717) is 23.8 Å². The fourth-order valence-corrected chi connectivity index (χ4v) is 2.43. The van der Waals surface area contributed by atoms with Crippen molar-refractivity contribution < 1.29 is 9.47 Å². The zero-order valence-corrected chi connectivity index (χ0v) is 12.4. The minimum absolute atomic E-state index is 0.347. The number of hydrogen-bond donors (Lipinski definition) is 1. The highest BCUT2D eigenvalue weighted by atomic mass is 16.5. The lowest BCUT2D eigenvalue weighted by Crippen LogP contribution is -2.38. The minimum Gasteiger partial charge on any atom is -0.467 e. The molecule has 1 fully saturated rings. The second-order valence-corrected chi connectivity index (χ2v) is 4.89. The van der Waals surface area contributed by atoms with Crippen LogP contribution in [0, 0.1) is 5.92 Å². The Bertz CT molecular complexity index is 427. The summed E-state index contributed by atoms with van der Waals surface area (Å²) < 4.78 is 10.4. The fraction of sp³-hybridized carbons (Fsp3) is 0.769. The van der Waals surface area contributed by atoms with E-state index in [1.807, 2.05) is 6.92 Å². The summed E-state index contributed by atoms with van der Waals surface area (Å²) in [5.74, 6) is 1.76. The number of nitrogens with one attached hydrogen (secondary N) is 1. The van der Waals surface area contributed by atoms with Crippen molar-refractivity contribution in [2.45, 2.75) is 19.8 Å². The van der Waals surface area contributed by atoms with Gasteiger partial charge in [0.25, 0.3) is 0 Å². The molecule has 0 radical (unpaired) electrons. The Hall–Kier alpha value is -1.63. The van der Waals surface area contributed by atoms with Crippen molar-refractivity contribution in [2.24, 2.45) is 5.92 Å². The van der Waals surface area contributed by atoms with E-state index in [4.69, 9.17) is 9.47 Å². The summed E-state index contributed by atoms with van der Waals surface area (Å²) in [6.07, 6.45) is 2.31. The first kappa shape index (κ1) is 14.8. The molecule has 1 saturated heterocycles. The minimum atomic E-state index is 0.347. The van der Waals surface area contributed by atoms with E-state index in [2.05, 4.69) is 25.2 Å². The molecule has 7 heteroatoms. The van der Waals surface area contributed by atoms with E-state index in [-0.39, 0.29) is 0 Å². The second kappa shape index (κ2) is 7.23. The summed E-state index contributed by atoms with van der Waals surface area (Å²) in [5, 5.41) is 3.10. The molecule has 1 aliphatic rings. The molecule has 20 heavy (non-hydrogen) atoms. The lowest BCUT2D eigenvalue weighted by molar-refractivity contribution is 0.143. The van der Waals surface area contributed by atoms with Crippen LogP contribution in [-0.2, 0) is 4.74 Å². The van der Waals surface area contributed by atoms with Gasteiger partial charge in [-0.15, -0.1) is 0 Å². The Kier molecular flexibility index (Phi) is 5.34. The van der Waals surface area contributed by atoms with Crippen molar-refractivity contribution in [3.8, 4) is 6.01 Å². The number of piperidine rings is 1. The van der Waals surface area contributed by atoms with Crippen molar-refractivity contribution in [1.82, 2.24) is 15.0 Å². The fourth-order valence-electron chi connectivity index (χ4n) is 2.43. The highest BCUT2D eigenvalue weighted by molar-refractivity contribution is 5.38. The number of aromatic nitrogens is 3. The van der Waals surface area contributed by atoms with E-state index < -0.39 is 0 Å². The lowest BCUT2D eigenvalue weighted by Gasteiger charge is -2.32. The molecular weight excluding hydrogens is 258 g/mol. The Morgan fingerprint density at radius 1 is 1.30 bits per heavy atom. The smallest absolute Gasteiger partial charge is 0.322 e. The van der Waals surface area contributed by atoms with Gasteiger partial charge < -0.3 is 19.7 Å². The highest BCUT2D eigenvalue weighted by Gasteiger charge is 2.23. The molecule has 112 valence electrons. The maximum absolute atomic E-state index is 5.26. The van der Waals surface area contributed by atoms with Crippen molar-refractivity contribution in [3.05, 3.63) is 0 Å². The molecule has 2 rings (SSSR count). The van der Waals surface area contributed by atoms with Gasteiger partial charge in [0.2, 0.25) is 11.9 Å². The van der Waals surface area contributed by atoms with Gasteiger partial charge >= 0.3 is 6.01 Å². The molecule has 0 aromatic carbocycles. The standard InChI is InChI=1S/C13H23N5O2/c1-4-14-11-15-12(17-13(16-11)20-3)18-7-5-6-10(8-18)9-19-2/h10H,4-9H2,1-3H3,(H,14,15,16,17). The van der Waals surface area contributed by atoms with E-state index >= 15 is 0 Å². The van der Waals surface area contributed by atoms with Gasteiger partial charge in [0.05, 0.1) is 13.7 Å². The van der Waals surface area contributed by atoms with Crippen LogP contribution in [-0.4, -0.2) is 55.4 Å². The molecule has 7 nitrogen and oxygen atoms in total. The van der Waals surface area contributed by atoms with Gasteiger partial charge in [-0.05, 0) is 25.7 Å². The second-order valence-electron chi connectivity index (χ2n) is 4.89. The Morgan fingerprint density at radius 2 is 2.15 bits per heavy atom. The molecule has 1 unspecified atom stereocenters. The molecule has 1 aromatic heterocycles. The lowest BCUT2D eigenvalue weighted by atomic mass is 9.99. The SMILES string of the molecule is CCNc1nc(OC)nc(N2CCCC(COC)C2)n1. The topological polar surface area (TPSA) is 72.4 Å².